The standard InChI is InChI=1S/C20H24N2OS/c23-19(21-11-8-15-4-2-1-3-5-15)14-22-12-9-18-17(10-13-24-18)20(22)16-6-7-16/h1-5,10,13,16,20H,6-9,11-12,14H2,(H,21,23)/p+1/t20-/m1/s1. The highest BCUT2D eigenvalue weighted by molar-refractivity contribution is 7.10. The first-order valence-corrected chi connectivity index (χ1v) is 9.90. The molecule has 0 spiro atoms. The van der Waals surface area contributed by atoms with Gasteiger partial charge in [0.25, 0.3) is 5.91 Å². The van der Waals surface area contributed by atoms with Gasteiger partial charge >= 0.3 is 0 Å². The van der Waals surface area contributed by atoms with Crippen molar-refractivity contribution in [1.29, 1.82) is 0 Å². The number of hydrogen-bond acceptors (Lipinski definition) is 2. The van der Waals surface area contributed by atoms with Gasteiger partial charge < -0.3 is 10.2 Å². The summed E-state index contributed by atoms with van der Waals surface area (Å²) in [5.41, 5.74) is 2.81. The number of amides is 1. The van der Waals surface area contributed by atoms with Crippen molar-refractivity contribution >= 4 is 17.2 Å². The highest BCUT2D eigenvalue weighted by Crippen LogP contribution is 2.42. The molecule has 1 amide bonds. The van der Waals surface area contributed by atoms with Crippen LogP contribution in [0.4, 0.5) is 0 Å². The molecular formula is C20H25N2OS+. The maximum atomic E-state index is 12.4. The monoisotopic (exact) mass is 341 g/mol. The first kappa shape index (κ1) is 15.9. The third kappa shape index (κ3) is 3.55. The van der Waals surface area contributed by atoms with Crippen LogP contribution in [0.5, 0.6) is 0 Å². The lowest BCUT2D eigenvalue weighted by Gasteiger charge is -2.32. The molecule has 0 radical (unpaired) electrons. The molecule has 4 rings (SSSR count). The third-order valence-electron chi connectivity index (χ3n) is 5.29. The zero-order valence-corrected chi connectivity index (χ0v) is 14.8. The zero-order chi connectivity index (χ0) is 16.4. The average molecular weight is 342 g/mol. The maximum absolute atomic E-state index is 12.4. The Labute approximate surface area is 147 Å². The Kier molecular flexibility index (Phi) is 4.67. The average Bonchev–Trinajstić information content (AvgIpc) is 3.32. The van der Waals surface area contributed by atoms with Crippen LogP contribution in [-0.4, -0.2) is 25.5 Å². The molecule has 2 aromatic rings. The number of carbonyl (C=O) groups excluding carboxylic acids is 1. The molecular weight excluding hydrogens is 316 g/mol. The van der Waals surface area contributed by atoms with E-state index in [1.807, 2.05) is 29.5 Å². The van der Waals surface area contributed by atoms with Crippen LogP contribution in [-0.2, 0) is 17.6 Å². The predicted molar refractivity (Wildman–Crippen MR) is 97.3 cm³/mol. The van der Waals surface area contributed by atoms with Gasteiger partial charge in [-0.25, -0.2) is 0 Å². The summed E-state index contributed by atoms with van der Waals surface area (Å²) in [6, 6.07) is 13.2. The van der Waals surface area contributed by atoms with Crippen molar-refractivity contribution < 1.29 is 9.69 Å². The molecule has 2 heterocycles. The Balaban J connectivity index is 1.32. The second-order valence-corrected chi connectivity index (χ2v) is 8.04. The quantitative estimate of drug-likeness (QED) is 0.828. The van der Waals surface area contributed by atoms with Crippen LogP contribution in [0.25, 0.3) is 0 Å². The van der Waals surface area contributed by atoms with E-state index in [0.29, 0.717) is 12.6 Å². The Morgan fingerprint density at radius 1 is 1.21 bits per heavy atom. The molecule has 126 valence electrons. The minimum atomic E-state index is 0.199. The summed E-state index contributed by atoms with van der Waals surface area (Å²) in [5.74, 6) is 0.996. The number of benzene rings is 1. The number of fused-ring (bicyclic) bond motifs is 1. The molecule has 2 aliphatic rings. The molecule has 1 aliphatic carbocycles. The van der Waals surface area contributed by atoms with Crippen molar-refractivity contribution in [2.24, 2.45) is 5.92 Å². The van der Waals surface area contributed by atoms with Crippen molar-refractivity contribution in [3.63, 3.8) is 0 Å². The van der Waals surface area contributed by atoms with Gasteiger partial charge in [0.15, 0.2) is 6.54 Å². The van der Waals surface area contributed by atoms with Gasteiger partial charge in [0.2, 0.25) is 0 Å². The highest BCUT2D eigenvalue weighted by Gasteiger charge is 2.43. The Bertz CT molecular complexity index is 693. The summed E-state index contributed by atoms with van der Waals surface area (Å²) in [5, 5.41) is 5.34. The Morgan fingerprint density at radius 2 is 2.04 bits per heavy atom. The van der Waals surface area contributed by atoms with Gasteiger partial charge in [-0.3, -0.25) is 4.79 Å². The molecule has 1 fully saturated rings. The minimum Gasteiger partial charge on any atom is -0.351 e. The van der Waals surface area contributed by atoms with Gasteiger partial charge in [-0.05, 0) is 36.3 Å². The molecule has 0 bridgehead atoms. The second-order valence-electron chi connectivity index (χ2n) is 7.03. The number of thiophene rings is 1. The zero-order valence-electron chi connectivity index (χ0n) is 14.0. The molecule has 3 nitrogen and oxygen atoms in total. The topological polar surface area (TPSA) is 33.5 Å². The van der Waals surface area contributed by atoms with Gasteiger partial charge in [-0.1, -0.05) is 30.3 Å². The fourth-order valence-corrected chi connectivity index (χ4v) is 4.89. The van der Waals surface area contributed by atoms with Crippen molar-refractivity contribution in [3.05, 3.63) is 57.8 Å². The van der Waals surface area contributed by atoms with E-state index in [9.17, 15) is 4.79 Å². The highest BCUT2D eigenvalue weighted by atomic mass is 32.1. The normalized spacial score (nSPS) is 22.8. The van der Waals surface area contributed by atoms with Crippen molar-refractivity contribution in [3.8, 4) is 0 Å². The van der Waals surface area contributed by atoms with E-state index in [4.69, 9.17) is 0 Å². The first-order chi connectivity index (χ1) is 11.8. The van der Waals surface area contributed by atoms with Crippen LogP contribution in [0.15, 0.2) is 41.8 Å². The van der Waals surface area contributed by atoms with Crippen LogP contribution < -0.4 is 10.2 Å². The SMILES string of the molecule is O=C(C[NH+]1CCc2sccc2[C@H]1C1CC1)NCCc1ccccc1. The van der Waals surface area contributed by atoms with Crippen LogP contribution in [0, 0.1) is 5.92 Å². The summed E-state index contributed by atoms with van der Waals surface area (Å²) >= 11 is 1.89. The van der Waals surface area contributed by atoms with E-state index in [2.05, 4.69) is 28.9 Å². The van der Waals surface area contributed by atoms with Crippen LogP contribution in [0.2, 0.25) is 0 Å². The Morgan fingerprint density at radius 3 is 2.83 bits per heavy atom. The van der Waals surface area contributed by atoms with Gasteiger partial charge in [0.05, 0.1) is 6.54 Å². The predicted octanol–water partition coefficient (Wildman–Crippen LogP) is 2.00. The lowest BCUT2D eigenvalue weighted by atomic mass is 9.96. The maximum Gasteiger partial charge on any atom is 0.275 e. The van der Waals surface area contributed by atoms with E-state index in [1.54, 1.807) is 4.88 Å². The molecule has 2 atom stereocenters. The smallest absolute Gasteiger partial charge is 0.275 e. The lowest BCUT2D eigenvalue weighted by Crippen LogP contribution is -3.14. The summed E-state index contributed by atoms with van der Waals surface area (Å²) < 4.78 is 0. The molecule has 0 saturated heterocycles. The molecule has 1 aliphatic heterocycles. The number of rotatable bonds is 6. The van der Waals surface area contributed by atoms with E-state index in [-0.39, 0.29) is 5.91 Å². The fourth-order valence-electron chi connectivity index (χ4n) is 3.96. The van der Waals surface area contributed by atoms with Crippen molar-refractivity contribution in [2.75, 3.05) is 19.6 Å². The second kappa shape index (κ2) is 7.08. The van der Waals surface area contributed by atoms with E-state index < -0.39 is 0 Å². The van der Waals surface area contributed by atoms with Gasteiger partial charge in [0.1, 0.15) is 6.04 Å². The summed E-state index contributed by atoms with van der Waals surface area (Å²) in [7, 11) is 0. The number of nitrogens with one attached hydrogen (secondary N) is 2. The summed E-state index contributed by atoms with van der Waals surface area (Å²) in [6.07, 6.45) is 4.70. The number of carbonyl (C=O) groups is 1. The van der Waals surface area contributed by atoms with Gasteiger partial charge in [-0.15, -0.1) is 11.3 Å². The van der Waals surface area contributed by atoms with E-state index in [1.165, 1.54) is 28.9 Å². The minimum absolute atomic E-state index is 0.199. The van der Waals surface area contributed by atoms with Gasteiger partial charge in [-0.2, -0.15) is 0 Å². The van der Waals surface area contributed by atoms with Crippen LogP contribution >= 0.6 is 11.3 Å². The number of hydrogen-bond donors (Lipinski definition) is 2. The largest absolute Gasteiger partial charge is 0.351 e. The lowest BCUT2D eigenvalue weighted by molar-refractivity contribution is -0.928. The van der Waals surface area contributed by atoms with Gasteiger partial charge in [0, 0.05) is 29.3 Å². The molecule has 4 heteroatoms. The third-order valence-corrected chi connectivity index (χ3v) is 6.28. The van der Waals surface area contributed by atoms with Crippen molar-refractivity contribution in [2.45, 2.75) is 31.7 Å². The summed E-state index contributed by atoms with van der Waals surface area (Å²) in [4.78, 5) is 15.4. The number of quaternary nitrogens is 1. The van der Waals surface area contributed by atoms with Crippen LogP contribution in [0.3, 0.4) is 0 Å². The van der Waals surface area contributed by atoms with Crippen molar-refractivity contribution in [1.82, 2.24) is 5.32 Å². The molecule has 1 saturated carbocycles. The molecule has 1 aromatic carbocycles. The fraction of sp³-hybridized carbons (Fsp3) is 0.450. The Hall–Kier alpha value is -1.65. The summed E-state index contributed by atoms with van der Waals surface area (Å²) in [6.45, 7) is 2.44. The molecule has 2 N–H and O–H groups in total. The molecule has 1 unspecified atom stereocenters. The molecule has 24 heavy (non-hydrogen) atoms. The van der Waals surface area contributed by atoms with E-state index in [0.717, 1.165) is 31.8 Å². The molecule has 1 aromatic heterocycles. The van der Waals surface area contributed by atoms with E-state index >= 15 is 0 Å². The first-order valence-electron chi connectivity index (χ1n) is 9.03. The van der Waals surface area contributed by atoms with Crippen LogP contribution in [0.1, 0.15) is 34.9 Å².